The van der Waals surface area contributed by atoms with Crippen LogP contribution in [0.4, 0.5) is 0 Å². The minimum absolute atomic E-state index is 0.201. The molecule has 0 aliphatic rings. The smallest absolute Gasteiger partial charge is 0.237 e. The van der Waals surface area contributed by atoms with Crippen LogP contribution in [-0.2, 0) is 9.84 Å². The van der Waals surface area contributed by atoms with Crippen LogP contribution in [0.15, 0.2) is 17.6 Å². The van der Waals surface area contributed by atoms with E-state index in [2.05, 4.69) is 9.97 Å². The van der Waals surface area contributed by atoms with Crippen molar-refractivity contribution < 1.29 is 13.5 Å². The van der Waals surface area contributed by atoms with E-state index in [-0.39, 0.29) is 5.16 Å². The van der Waals surface area contributed by atoms with E-state index in [0.29, 0.717) is 0 Å². The molecule has 2 N–H and O–H groups in total. The van der Waals surface area contributed by atoms with Crippen molar-refractivity contribution in [2.75, 3.05) is 0 Å². The Morgan fingerprint density at radius 2 is 2.36 bits per heavy atom. The maximum absolute atomic E-state index is 11.0. The number of H-pyrrole nitrogens is 1. The minimum atomic E-state index is -3.64. The zero-order chi connectivity index (χ0) is 8.48. The van der Waals surface area contributed by atoms with Crippen molar-refractivity contribution in [3.63, 3.8) is 0 Å². The van der Waals surface area contributed by atoms with Crippen LogP contribution in [0.25, 0.3) is 0 Å². The van der Waals surface area contributed by atoms with Gasteiger partial charge in [-0.05, 0) is 6.92 Å². The Morgan fingerprint density at radius 1 is 1.73 bits per heavy atom. The van der Waals surface area contributed by atoms with Crippen LogP contribution in [0, 0.1) is 0 Å². The Kier molecular flexibility index (Phi) is 1.97. The summed E-state index contributed by atoms with van der Waals surface area (Å²) in [7, 11) is -3.64. The fourth-order valence-electron chi connectivity index (χ4n) is 0.568. The summed E-state index contributed by atoms with van der Waals surface area (Å²) in [5.41, 5.74) is -1.42. The highest BCUT2D eigenvalue weighted by Crippen LogP contribution is 2.07. The van der Waals surface area contributed by atoms with Gasteiger partial charge in [0.1, 0.15) is 0 Å². The molecule has 1 heterocycles. The van der Waals surface area contributed by atoms with Crippen molar-refractivity contribution >= 4 is 9.84 Å². The van der Waals surface area contributed by atoms with Crippen LogP contribution in [-0.4, -0.2) is 28.9 Å². The molecule has 1 unspecified atom stereocenters. The van der Waals surface area contributed by atoms with E-state index in [4.69, 9.17) is 5.11 Å². The van der Waals surface area contributed by atoms with Crippen LogP contribution in [0.3, 0.4) is 0 Å². The zero-order valence-corrected chi connectivity index (χ0v) is 6.67. The van der Waals surface area contributed by atoms with E-state index in [0.717, 1.165) is 0 Å². The molecule has 1 aromatic rings. The van der Waals surface area contributed by atoms with Gasteiger partial charge in [0.05, 0.1) is 0 Å². The van der Waals surface area contributed by atoms with Gasteiger partial charge in [0.2, 0.25) is 15.0 Å². The molecule has 0 saturated heterocycles. The first kappa shape index (κ1) is 8.22. The second-order valence-electron chi connectivity index (χ2n) is 2.04. The molecular weight excluding hydrogens is 168 g/mol. The predicted octanol–water partition coefficient (Wildman–Crippen LogP) is -0.478. The lowest BCUT2D eigenvalue weighted by Crippen LogP contribution is -2.18. The molecule has 0 amide bonds. The van der Waals surface area contributed by atoms with Crippen molar-refractivity contribution in [2.45, 2.75) is 17.5 Å². The number of aromatic amines is 1. The van der Waals surface area contributed by atoms with Crippen molar-refractivity contribution in [1.82, 2.24) is 9.97 Å². The summed E-state index contributed by atoms with van der Waals surface area (Å²) >= 11 is 0. The van der Waals surface area contributed by atoms with Crippen LogP contribution in [0.1, 0.15) is 6.92 Å². The second-order valence-corrected chi connectivity index (χ2v) is 4.20. The Bertz CT molecular complexity index is 314. The first-order valence-electron chi connectivity index (χ1n) is 2.96. The zero-order valence-electron chi connectivity index (χ0n) is 5.85. The van der Waals surface area contributed by atoms with Crippen molar-refractivity contribution in [3.05, 3.63) is 12.4 Å². The molecule has 0 aliphatic carbocycles. The second kappa shape index (κ2) is 2.63. The van der Waals surface area contributed by atoms with Gasteiger partial charge in [-0.1, -0.05) is 0 Å². The molecule has 62 valence electrons. The van der Waals surface area contributed by atoms with Gasteiger partial charge in [0.25, 0.3) is 0 Å². The standard InChI is InChI=1S/C5H8N2O3S/c1-4(8)11(9,10)5-6-2-3-7-5/h2-4,8H,1H3,(H,6,7). The van der Waals surface area contributed by atoms with E-state index in [1.54, 1.807) is 0 Å². The topological polar surface area (TPSA) is 83.0 Å². The number of hydrogen-bond acceptors (Lipinski definition) is 4. The fourth-order valence-corrected chi connectivity index (χ4v) is 1.33. The molecule has 1 aromatic heterocycles. The van der Waals surface area contributed by atoms with Gasteiger partial charge in [-0.3, -0.25) is 0 Å². The third kappa shape index (κ3) is 1.41. The number of aliphatic hydroxyl groups is 1. The predicted molar refractivity (Wildman–Crippen MR) is 37.5 cm³/mol. The molecule has 0 aliphatic heterocycles. The molecule has 0 bridgehead atoms. The van der Waals surface area contributed by atoms with Crippen molar-refractivity contribution in [2.24, 2.45) is 0 Å². The third-order valence-corrected chi connectivity index (χ3v) is 2.85. The van der Waals surface area contributed by atoms with E-state index < -0.39 is 15.3 Å². The first-order chi connectivity index (χ1) is 5.05. The molecule has 5 nitrogen and oxygen atoms in total. The highest BCUT2D eigenvalue weighted by molar-refractivity contribution is 7.91. The summed E-state index contributed by atoms with van der Waals surface area (Å²) in [5.74, 6) is 0. The molecule has 11 heavy (non-hydrogen) atoms. The van der Waals surface area contributed by atoms with Gasteiger partial charge in [0, 0.05) is 12.4 Å². The number of nitrogens with one attached hydrogen (secondary N) is 1. The molecule has 1 atom stereocenters. The number of imidazole rings is 1. The van der Waals surface area contributed by atoms with E-state index in [1.807, 2.05) is 0 Å². The highest BCUT2D eigenvalue weighted by atomic mass is 32.2. The number of nitrogens with zero attached hydrogens (tertiary/aromatic N) is 1. The Morgan fingerprint density at radius 3 is 2.73 bits per heavy atom. The van der Waals surface area contributed by atoms with Gasteiger partial charge in [-0.2, -0.15) is 0 Å². The molecule has 0 spiro atoms. The summed E-state index contributed by atoms with van der Waals surface area (Å²) in [5, 5.41) is 8.60. The molecule has 0 fully saturated rings. The normalized spacial score (nSPS) is 14.7. The Labute approximate surface area is 64.0 Å². The average molecular weight is 176 g/mol. The monoisotopic (exact) mass is 176 g/mol. The van der Waals surface area contributed by atoms with Gasteiger partial charge in [-0.25, -0.2) is 13.4 Å². The Hall–Kier alpha value is -0.880. The van der Waals surface area contributed by atoms with Crippen molar-refractivity contribution in [3.8, 4) is 0 Å². The first-order valence-corrected chi connectivity index (χ1v) is 4.51. The summed E-state index contributed by atoms with van der Waals surface area (Å²) in [6.07, 6.45) is 2.70. The molecule has 1 rings (SSSR count). The number of rotatable bonds is 2. The largest absolute Gasteiger partial charge is 0.377 e. The van der Waals surface area contributed by atoms with Crippen LogP contribution >= 0.6 is 0 Å². The summed E-state index contributed by atoms with van der Waals surface area (Å²) in [6, 6.07) is 0. The fraction of sp³-hybridized carbons (Fsp3) is 0.400. The van der Waals surface area contributed by atoms with E-state index >= 15 is 0 Å². The molecule has 0 radical (unpaired) electrons. The molecular formula is C5H8N2O3S. The maximum atomic E-state index is 11.0. The summed E-state index contributed by atoms with van der Waals surface area (Å²) in [4.78, 5) is 5.91. The van der Waals surface area contributed by atoms with Crippen LogP contribution in [0.5, 0.6) is 0 Å². The lowest BCUT2D eigenvalue weighted by Gasteiger charge is -2.01. The van der Waals surface area contributed by atoms with Crippen LogP contribution < -0.4 is 0 Å². The van der Waals surface area contributed by atoms with E-state index in [1.165, 1.54) is 19.3 Å². The SMILES string of the molecule is CC(O)S(=O)(=O)c1ncc[nH]1. The Balaban J connectivity index is 3.12. The minimum Gasteiger partial charge on any atom is -0.377 e. The number of sulfone groups is 1. The molecule has 0 saturated carbocycles. The lowest BCUT2D eigenvalue weighted by atomic mass is 10.9. The highest BCUT2D eigenvalue weighted by Gasteiger charge is 2.22. The van der Waals surface area contributed by atoms with Gasteiger partial charge >= 0.3 is 0 Å². The quantitative estimate of drug-likeness (QED) is 0.637. The third-order valence-electron chi connectivity index (χ3n) is 1.19. The van der Waals surface area contributed by atoms with Crippen molar-refractivity contribution in [1.29, 1.82) is 0 Å². The van der Waals surface area contributed by atoms with Gasteiger partial charge in [0.15, 0.2) is 5.44 Å². The van der Waals surface area contributed by atoms with Gasteiger partial charge in [-0.15, -0.1) is 0 Å². The summed E-state index contributed by atoms with van der Waals surface area (Å²) < 4.78 is 22.1. The molecule has 6 heteroatoms. The lowest BCUT2D eigenvalue weighted by molar-refractivity contribution is 0.267. The average Bonchev–Trinajstić information content (AvgIpc) is 2.37. The van der Waals surface area contributed by atoms with E-state index in [9.17, 15) is 8.42 Å². The summed E-state index contributed by atoms with van der Waals surface area (Å²) in [6.45, 7) is 1.18. The van der Waals surface area contributed by atoms with Gasteiger partial charge < -0.3 is 10.1 Å². The number of aliphatic hydroxyl groups excluding tert-OH is 1. The molecule has 0 aromatic carbocycles. The number of hydrogen-bond donors (Lipinski definition) is 2. The number of aromatic nitrogens is 2. The van der Waals surface area contributed by atoms with Crippen LogP contribution in [0.2, 0.25) is 0 Å². The maximum Gasteiger partial charge on any atom is 0.237 e.